The zero-order valence-electron chi connectivity index (χ0n) is 12.4. The van der Waals surface area contributed by atoms with E-state index in [1.807, 2.05) is 25.1 Å². The van der Waals surface area contributed by atoms with Crippen molar-refractivity contribution in [2.45, 2.75) is 25.6 Å². The number of aliphatic hydroxyl groups is 1. The highest BCUT2D eigenvalue weighted by Gasteiger charge is 2.20. The van der Waals surface area contributed by atoms with Crippen LogP contribution in [0.2, 0.25) is 5.02 Å². The summed E-state index contributed by atoms with van der Waals surface area (Å²) in [5.41, 5.74) is 1.61. The van der Waals surface area contributed by atoms with Gasteiger partial charge in [0, 0.05) is 23.3 Å². The van der Waals surface area contributed by atoms with Crippen molar-refractivity contribution in [3.63, 3.8) is 0 Å². The molecule has 0 saturated heterocycles. The monoisotopic (exact) mass is 398 g/mol. The van der Waals surface area contributed by atoms with Gasteiger partial charge >= 0.3 is 0 Å². The number of pyridine rings is 1. The molecule has 0 spiro atoms. The van der Waals surface area contributed by atoms with Crippen LogP contribution in [0.25, 0.3) is 0 Å². The van der Waals surface area contributed by atoms with Gasteiger partial charge < -0.3 is 19.9 Å². The van der Waals surface area contributed by atoms with E-state index in [9.17, 15) is 5.11 Å². The standard InChI is InChI=1S/C16H16BrClN2O3/c1-9(19-7-13-12(17)5-11(18)6-20-13)16(21)10-2-3-14-15(4-10)23-8-22-14/h2-6,9,16,19,21H,7-8H2,1H3/t9-,16-/m0/s1. The smallest absolute Gasteiger partial charge is 0.231 e. The van der Waals surface area contributed by atoms with Gasteiger partial charge in [-0.2, -0.15) is 0 Å². The highest BCUT2D eigenvalue weighted by atomic mass is 79.9. The van der Waals surface area contributed by atoms with Gasteiger partial charge in [0.2, 0.25) is 6.79 Å². The summed E-state index contributed by atoms with van der Waals surface area (Å²) in [4.78, 5) is 4.27. The lowest BCUT2D eigenvalue weighted by molar-refractivity contribution is 0.134. The maximum absolute atomic E-state index is 10.5. The number of hydrogen-bond acceptors (Lipinski definition) is 5. The molecule has 1 aromatic carbocycles. The maximum Gasteiger partial charge on any atom is 0.231 e. The SMILES string of the molecule is C[C@H](NCc1ncc(Cl)cc1Br)[C@H](O)c1ccc2c(c1)OCO2. The third-order valence-corrected chi connectivity index (χ3v) is 4.58. The largest absolute Gasteiger partial charge is 0.454 e. The minimum atomic E-state index is -0.671. The Kier molecular flexibility index (Phi) is 5.06. The molecule has 0 fully saturated rings. The quantitative estimate of drug-likeness (QED) is 0.806. The molecular formula is C16H16BrClN2O3. The molecule has 2 heterocycles. The van der Waals surface area contributed by atoms with Gasteiger partial charge in [0.25, 0.3) is 0 Å². The second kappa shape index (κ2) is 7.05. The topological polar surface area (TPSA) is 63.6 Å². The molecule has 5 nitrogen and oxygen atoms in total. The van der Waals surface area contributed by atoms with Gasteiger partial charge in [-0.25, -0.2) is 0 Å². The fourth-order valence-electron chi connectivity index (χ4n) is 2.33. The molecule has 0 bridgehead atoms. The van der Waals surface area contributed by atoms with Crippen molar-refractivity contribution >= 4 is 27.5 Å². The molecule has 3 rings (SSSR count). The molecule has 0 aliphatic carbocycles. The molecule has 1 aromatic heterocycles. The Morgan fingerprint density at radius 3 is 2.91 bits per heavy atom. The van der Waals surface area contributed by atoms with Crippen LogP contribution in [-0.4, -0.2) is 22.9 Å². The molecule has 0 saturated carbocycles. The van der Waals surface area contributed by atoms with E-state index in [-0.39, 0.29) is 12.8 Å². The zero-order chi connectivity index (χ0) is 16.4. The zero-order valence-corrected chi connectivity index (χ0v) is 14.8. The number of rotatable bonds is 5. The fraction of sp³-hybridized carbons (Fsp3) is 0.312. The van der Waals surface area contributed by atoms with Crippen LogP contribution in [0, 0.1) is 0 Å². The summed E-state index contributed by atoms with van der Waals surface area (Å²) in [5.74, 6) is 1.37. The van der Waals surface area contributed by atoms with Gasteiger partial charge in [-0.05, 0) is 46.6 Å². The average Bonchev–Trinajstić information content (AvgIpc) is 3.00. The van der Waals surface area contributed by atoms with Crippen LogP contribution >= 0.6 is 27.5 Å². The van der Waals surface area contributed by atoms with Crippen LogP contribution in [0.1, 0.15) is 24.3 Å². The predicted octanol–water partition coefficient (Wildman–Crippen LogP) is 3.44. The van der Waals surface area contributed by atoms with Gasteiger partial charge in [-0.15, -0.1) is 0 Å². The molecule has 23 heavy (non-hydrogen) atoms. The molecule has 0 unspecified atom stereocenters. The van der Waals surface area contributed by atoms with Crippen LogP contribution in [0.3, 0.4) is 0 Å². The molecule has 1 aliphatic rings. The van der Waals surface area contributed by atoms with Gasteiger partial charge in [0.05, 0.1) is 16.8 Å². The lowest BCUT2D eigenvalue weighted by Gasteiger charge is -2.21. The van der Waals surface area contributed by atoms with Crippen molar-refractivity contribution in [3.05, 3.63) is 51.2 Å². The number of aromatic nitrogens is 1. The first-order valence-corrected chi connectivity index (χ1v) is 8.32. The molecule has 2 N–H and O–H groups in total. The van der Waals surface area contributed by atoms with E-state index in [0.29, 0.717) is 23.1 Å². The maximum atomic E-state index is 10.5. The van der Waals surface area contributed by atoms with Gasteiger partial charge in [0.15, 0.2) is 11.5 Å². The predicted molar refractivity (Wildman–Crippen MR) is 90.8 cm³/mol. The second-order valence-corrected chi connectivity index (χ2v) is 6.60. The van der Waals surface area contributed by atoms with Crippen LogP contribution < -0.4 is 14.8 Å². The summed E-state index contributed by atoms with van der Waals surface area (Å²) in [6.45, 7) is 2.65. The Labute approximate surface area is 147 Å². The highest BCUT2D eigenvalue weighted by Crippen LogP contribution is 2.34. The van der Waals surface area contributed by atoms with Crippen LogP contribution in [0.4, 0.5) is 0 Å². The first kappa shape index (κ1) is 16.5. The first-order valence-electron chi connectivity index (χ1n) is 7.15. The second-order valence-electron chi connectivity index (χ2n) is 5.31. The third kappa shape index (κ3) is 3.77. The van der Waals surface area contributed by atoms with Gasteiger partial charge in [-0.1, -0.05) is 17.7 Å². The Hall–Kier alpha value is -1.34. The van der Waals surface area contributed by atoms with E-state index >= 15 is 0 Å². The summed E-state index contributed by atoms with van der Waals surface area (Å²) in [7, 11) is 0. The third-order valence-electron chi connectivity index (χ3n) is 3.69. The van der Waals surface area contributed by atoms with Crippen molar-refractivity contribution in [1.29, 1.82) is 0 Å². The van der Waals surface area contributed by atoms with Crippen LogP contribution in [0.15, 0.2) is 34.9 Å². The van der Waals surface area contributed by atoms with Gasteiger partial charge in [0.1, 0.15) is 0 Å². The number of ether oxygens (including phenoxy) is 2. The number of hydrogen-bond donors (Lipinski definition) is 2. The molecule has 0 radical (unpaired) electrons. The summed E-state index contributed by atoms with van der Waals surface area (Å²) in [6, 6.07) is 7.09. The molecule has 0 amide bonds. The normalized spacial score (nSPS) is 15.5. The van der Waals surface area contributed by atoms with Crippen LogP contribution in [0.5, 0.6) is 11.5 Å². The Bertz CT molecular complexity index is 714. The summed E-state index contributed by atoms with van der Waals surface area (Å²) in [5, 5.41) is 14.3. The van der Waals surface area contributed by atoms with Crippen LogP contribution in [-0.2, 0) is 6.54 Å². The minimum absolute atomic E-state index is 0.167. The molecular weight excluding hydrogens is 384 g/mol. The lowest BCUT2D eigenvalue weighted by atomic mass is 10.0. The Balaban J connectivity index is 1.64. The van der Waals surface area contributed by atoms with Crippen molar-refractivity contribution in [3.8, 4) is 11.5 Å². The number of nitrogens with zero attached hydrogens (tertiary/aromatic N) is 1. The number of fused-ring (bicyclic) bond motifs is 1. The van der Waals surface area contributed by atoms with E-state index in [4.69, 9.17) is 21.1 Å². The van der Waals surface area contributed by atoms with E-state index in [0.717, 1.165) is 15.7 Å². The van der Waals surface area contributed by atoms with E-state index in [1.165, 1.54) is 0 Å². The van der Waals surface area contributed by atoms with Crippen molar-refractivity contribution in [2.24, 2.45) is 0 Å². The average molecular weight is 400 g/mol. The molecule has 7 heteroatoms. The Morgan fingerprint density at radius 1 is 1.35 bits per heavy atom. The first-order chi connectivity index (χ1) is 11.0. The van der Waals surface area contributed by atoms with Crippen molar-refractivity contribution in [1.82, 2.24) is 10.3 Å². The summed E-state index contributed by atoms with van der Waals surface area (Å²) in [6.07, 6.45) is 0.929. The van der Waals surface area contributed by atoms with E-state index < -0.39 is 6.10 Å². The number of nitrogens with one attached hydrogen (secondary N) is 1. The minimum Gasteiger partial charge on any atom is -0.454 e. The van der Waals surface area contributed by atoms with E-state index in [1.54, 1.807) is 12.3 Å². The van der Waals surface area contributed by atoms with Crippen molar-refractivity contribution < 1.29 is 14.6 Å². The number of aliphatic hydroxyl groups excluding tert-OH is 1. The molecule has 122 valence electrons. The number of halogens is 2. The summed E-state index contributed by atoms with van der Waals surface area (Å²) < 4.78 is 11.5. The number of benzene rings is 1. The van der Waals surface area contributed by atoms with E-state index in [2.05, 4.69) is 26.2 Å². The van der Waals surface area contributed by atoms with Gasteiger partial charge in [-0.3, -0.25) is 4.98 Å². The molecule has 2 atom stereocenters. The molecule has 1 aliphatic heterocycles. The fourth-order valence-corrected chi connectivity index (χ4v) is 3.11. The Morgan fingerprint density at radius 2 is 2.13 bits per heavy atom. The lowest BCUT2D eigenvalue weighted by Crippen LogP contribution is -2.32. The summed E-state index contributed by atoms with van der Waals surface area (Å²) >= 11 is 9.31. The highest BCUT2D eigenvalue weighted by molar-refractivity contribution is 9.10. The molecule has 2 aromatic rings. The van der Waals surface area contributed by atoms with Crippen molar-refractivity contribution in [2.75, 3.05) is 6.79 Å².